The van der Waals surface area contributed by atoms with E-state index in [0.717, 1.165) is 26.2 Å². The summed E-state index contributed by atoms with van der Waals surface area (Å²) in [7, 11) is 0. The van der Waals surface area contributed by atoms with Crippen LogP contribution in [-0.2, 0) is 42.6 Å². The molecule has 0 aromatic rings. The predicted octanol–water partition coefficient (Wildman–Crippen LogP) is -1.45. The minimum atomic E-state index is -0.486. The van der Waals surface area contributed by atoms with Crippen molar-refractivity contribution in [2.24, 2.45) is 22.9 Å². The summed E-state index contributed by atoms with van der Waals surface area (Å²) in [5.74, 6) is 0. The van der Waals surface area contributed by atoms with Crippen LogP contribution in [0.15, 0.2) is 0 Å². The van der Waals surface area contributed by atoms with Crippen LogP contribution in [0.4, 0.5) is 9.59 Å². The van der Waals surface area contributed by atoms with E-state index in [2.05, 4.69) is 20.4 Å². The summed E-state index contributed by atoms with van der Waals surface area (Å²) < 4.78 is 50.0. The lowest BCUT2D eigenvalue weighted by Crippen LogP contribution is -2.40. The van der Waals surface area contributed by atoms with Gasteiger partial charge in [0, 0.05) is 78.5 Å². The number of carbonyl (C=O) groups is 2. The van der Waals surface area contributed by atoms with Crippen LogP contribution in [0.5, 0.6) is 0 Å². The first kappa shape index (κ1) is 51.0. The van der Waals surface area contributed by atoms with Gasteiger partial charge in [0.15, 0.2) is 0 Å². The van der Waals surface area contributed by atoms with Crippen LogP contribution in [-0.4, -0.2) is 204 Å². The van der Waals surface area contributed by atoms with Gasteiger partial charge in [0.05, 0.1) is 90.5 Å². The molecule has 0 radical (unpaired) electrons. The molecular formula is C34H74N8O11. The molecule has 0 bridgehead atoms. The Morgan fingerprint density at radius 2 is 0.792 bits per heavy atom. The van der Waals surface area contributed by atoms with Crippen molar-refractivity contribution in [3.8, 4) is 0 Å². The van der Waals surface area contributed by atoms with E-state index in [9.17, 15) is 9.59 Å². The van der Waals surface area contributed by atoms with Crippen LogP contribution in [0.1, 0.15) is 27.7 Å². The van der Waals surface area contributed by atoms with Gasteiger partial charge in [-0.1, -0.05) is 0 Å². The van der Waals surface area contributed by atoms with E-state index in [4.69, 9.17) is 65.6 Å². The molecule has 0 aliphatic rings. The largest absolute Gasteiger partial charge is 0.447 e. The summed E-state index contributed by atoms with van der Waals surface area (Å²) in [6, 6.07) is 0. The van der Waals surface area contributed by atoms with E-state index in [1.807, 2.05) is 27.7 Å². The fourth-order valence-electron chi connectivity index (χ4n) is 4.49. The molecule has 0 saturated carbocycles. The maximum atomic E-state index is 11.8. The van der Waals surface area contributed by atoms with E-state index in [0.29, 0.717) is 105 Å². The second-order valence-electron chi connectivity index (χ2n) is 12.4. The Hall–Kier alpha value is -1.98. The molecule has 0 aliphatic heterocycles. The van der Waals surface area contributed by atoms with Crippen molar-refractivity contribution in [1.82, 2.24) is 20.4 Å². The van der Waals surface area contributed by atoms with Gasteiger partial charge < -0.3 is 76.2 Å². The molecule has 2 amide bonds. The smallest absolute Gasteiger partial charge is 0.407 e. The highest BCUT2D eigenvalue weighted by Gasteiger charge is 2.12. The van der Waals surface area contributed by atoms with Crippen LogP contribution >= 0.6 is 0 Å². The summed E-state index contributed by atoms with van der Waals surface area (Å²) in [6.45, 7) is 19.1. The molecule has 0 saturated heterocycles. The van der Waals surface area contributed by atoms with Crippen molar-refractivity contribution in [3.63, 3.8) is 0 Å². The second kappa shape index (κ2) is 37.0. The number of carbonyl (C=O) groups excluding carboxylic acids is 2. The van der Waals surface area contributed by atoms with Gasteiger partial charge in [0.25, 0.3) is 0 Å². The maximum absolute atomic E-state index is 11.8. The molecule has 0 aliphatic carbocycles. The molecule has 0 aromatic carbocycles. The van der Waals surface area contributed by atoms with Crippen molar-refractivity contribution in [2.45, 2.75) is 52.1 Å². The van der Waals surface area contributed by atoms with Crippen molar-refractivity contribution in [2.75, 3.05) is 158 Å². The monoisotopic (exact) mass is 771 g/mol. The first-order chi connectivity index (χ1) is 25.6. The van der Waals surface area contributed by atoms with Gasteiger partial charge >= 0.3 is 12.2 Å². The first-order valence-corrected chi connectivity index (χ1v) is 18.9. The van der Waals surface area contributed by atoms with Gasteiger partial charge in [0.2, 0.25) is 0 Å². The molecule has 0 spiro atoms. The van der Waals surface area contributed by atoms with E-state index >= 15 is 0 Å². The summed E-state index contributed by atoms with van der Waals surface area (Å²) in [5, 5.41) is 5.41. The standard InChI is InChI=1S/C34H74N8O11/c1-29(25-47-18-17-45-20-23-49-33(43)39-9-15-41(11-5-35)12-6-36)51-27-31(3)53-28-32(4)52-26-30(2)48-22-19-46-21-24-50-34(44)40-10-16-42(13-7-37)14-8-38/h29-32H,5-28,35-38H2,1-4H3,(H,39,43)(H,40,44). The number of ether oxygens (including phenoxy) is 9. The topological polar surface area (TPSA) is 252 Å². The van der Waals surface area contributed by atoms with Gasteiger partial charge in [0.1, 0.15) is 13.2 Å². The van der Waals surface area contributed by atoms with Crippen LogP contribution in [0.2, 0.25) is 0 Å². The third kappa shape index (κ3) is 34.3. The molecular weight excluding hydrogens is 696 g/mol. The van der Waals surface area contributed by atoms with Crippen LogP contribution < -0.4 is 33.6 Å². The highest BCUT2D eigenvalue weighted by Crippen LogP contribution is 2.03. The zero-order chi connectivity index (χ0) is 39.4. The normalized spacial score (nSPS) is 13.9. The molecule has 0 heterocycles. The molecule has 4 unspecified atom stereocenters. The summed E-state index contributed by atoms with van der Waals surface area (Å²) >= 11 is 0. The zero-order valence-corrected chi connectivity index (χ0v) is 33.0. The van der Waals surface area contributed by atoms with Crippen molar-refractivity contribution >= 4 is 12.2 Å². The minimum Gasteiger partial charge on any atom is -0.447 e. The van der Waals surface area contributed by atoms with Crippen molar-refractivity contribution in [1.29, 1.82) is 0 Å². The Kier molecular flexibility index (Phi) is 35.6. The number of hydrogen-bond acceptors (Lipinski definition) is 17. The Bertz CT molecular complexity index is 831. The summed E-state index contributed by atoms with van der Waals surface area (Å²) in [5.41, 5.74) is 22.3. The number of nitrogens with zero attached hydrogens (tertiary/aromatic N) is 2. The van der Waals surface area contributed by atoms with E-state index < -0.39 is 12.2 Å². The van der Waals surface area contributed by atoms with Gasteiger partial charge in [-0.25, -0.2) is 9.59 Å². The summed E-state index contributed by atoms with van der Waals surface area (Å²) in [6.07, 6.45) is -1.44. The average Bonchev–Trinajstić information content (AvgIpc) is 3.13. The third-order valence-electron chi connectivity index (χ3n) is 7.30. The number of amides is 2. The average molecular weight is 771 g/mol. The molecule has 4 atom stereocenters. The lowest BCUT2D eigenvalue weighted by Gasteiger charge is -2.21. The molecule has 19 heteroatoms. The van der Waals surface area contributed by atoms with Gasteiger partial charge in [-0.15, -0.1) is 0 Å². The highest BCUT2D eigenvalue weighted by atomic mass is 16.6. The lowest BCUT2D eigenvalue weighted by molar-refractivity contribution is -0.0959. The fourth-order valence-corrected chi connectivity index (χ4v) is 4.49. The molecule has 19 nitrogen and oxygen atoms in total. The molecule has 0 aromatic heterocycles. The zero-order valence-electron chi connectivity index (χ0n) is 33.0. The van der Waals surface area contributed by atoms with Gasteiger partial charge in [-0.2, -0.15) is 0 Å². The quantitative estimate of drug-likeness (QED) is 0.0393. The Morgan fingerprint density at radius 1 is 0.453 bits per heavy atom. The lowest BCUT2D eigenvalue weighted by atomic mass is 10.3. The van der Waals surface area contributed by atoms with E-state index in [1.165, 1.54) is 0 Å². The minimum absolute atomic E-state index is 0.114. The highest BCUT2D eigenvalue weighted by molar-refractivity contribution is 5.67. The first-order valence-electron chi connectivity index (χ1n) is 18.9. The van der Waals surface area contributed by atoms with E-state index in [1.54, 1.807) is 0 Å². The molecule has 316 valence electrons. The summed E-state index contributed by atoms with van der Waals surface area (Å²) in [4.78, 5) is 27.7. The SMILES string of the molecule is CC(COCCOCCOC(=O)NCCN(CCN)CCN)OCC(C)OCC(C)OCC(C)OCCOCCOC(=O)NCCN(CCN)CCN. The number of nitrogens with one attached hydrogen (secondary N) is 2. The Balaban J connectivity index is 3.68. The number of alkyl carbamates (subject to hydrolysis) is 2. The van der Waals surface area contributed by atoms with Crippen LogP contribution in [0, 0.1) is 0 Å². The number of nitrogens with two attached hydrogens (primary N) is 4. The van der Waals surface area contributed by atoms with Gasteiger partial charge in [-0.05, 0) is 27.7 Å². The number of rotatable bonds is 38. The van der Waals surface area contributed by atoms with Gasteiger partial charge in [-0.3, -0.25) is 9.80 Å². The molecule has 0 fully saturated rings. The molecule has 53 heavy (non-hydrogen) atoms. The van der Waals surface area contributed by atoms with Crippen molar-refractivity contribution in [3.05, 3.63) is 0 Å². The van der Waals surface area contributed by atoms with E-state index in [-0.39, 0.29) is 50.8 Å². The van der Waals surface area contributed by atoms with Crippen molar-refractivity contribution < 1.29 is 52.2 Å². The third-order valence-corrected chi connectivity index (χ3v) is 7.30. The van der Waals surface area contributed by atoms with Crippen LogP contribution in [0.3, 0.4) is 0 Å². The maximum Gasteiger partial charge on any atom is 0.407 e. The van der Waals surface area contributed by atoms with Crippen LogP contribution in [0.25, 0.3) is 0 Å². The second-order valence-corrected chi connectivity index (χ2v) is 12.4. The predicted molar refractivity (Wildman–Crippen MR) is 202 cm³/mol. The fraction of sp³-hybridized carbons (Fsp3) is 0.941. The molecule has 0 rings (SSSR count). The number of hydrogen-bond donors (Lipinski definition) is 6. The Morgan fingerprint density at radius 3 is 1.21 bits per heavy atom. The Labute approximate surface area is 317 Å². The molecule has 10 N–H and O–H groups in total.